The molecule has 5 heteroatoms. The van der Waals surface area contributed by atoms with E-state index < -0.39 is 18.6 Å². The van der Waals surface area contributed by atoms with E-state index in [9.17, 15) is 9.59 Å². The topological polar surface area (TPSA) is 86.6 Å². The van der Waals surface area contributed by atoms with Gasteiger partial charge in [-0.05, 0) is 12.8 Å². The van der Waals surface area contributed by atoms with Gasteiger partial charge < -0.3 is 15.5 Å². The molecule has 0 radical (unpaired) electrons. The van der Waals surface area contributed by atoms with E-state index in [0.29, 0.717) is 0 Å². The standard InChI is InChI=1S/C8H13NO4/c10-4-6(8(12)13)9-7(11)5-2-1-3-5/h5-6,10H,1-4H2,(H,9,11)(H,12,13)/t6-/m0/s1. The van der Waals surface area contributed by atoms with Crippen LogP contribution in [0.4, 0.5) is 0 Å². The number of aliphatic hydroxyl groups is 1. The second-order valence-electron chi connectivity index (χ2n) is 3.21. The zero-order valence-electron chi connectivity index (χ0n) is 7.19. The summed E-state index contributed by atoms with van der Waals surface area (Å²) < 4.78 is 0. The number of amides is 1. The van der Waals surface area contributed by atoms with Crippen LogP contribution in [0.5, 0.6) is 0 Å². The van der Waals surface area contributed by atoms with E-state index in [0.717, 1.165) is 19.3 Å². The molecular weight excluding hydrogens is 174 g/mol. The normalized spacial score (nSPS) is 18.8. The van der Waals surface area contributed by atoms with Gasteiger partial charge in [0.2, 0.25) is 5.91 Å². The third-order valence-electron chi connectivity index (χ3n) is 2.27. The molecule has 0 aliphatic heterocycles. The second-order valence-corrected chi connectivity index (χ2v) is 3.21. The minimum absolute atomic E-state index is 0.0478. The van der Waals surface area contributed by atoms with Gasteiger partial charge in [0.1, 0.15) is 6.04 Å². The summed E-state index contributed by atoms with van der Waals surface area (Å²) in [6.07, 6.45) is 2.67. The van der Waals surface area contributed by atoms with Crippen LogP contribution in [-0.4, -0.2) is 34.7 Å². The highest BCUT2D eigenvalue weighted by Gasteiger charge is 2.28. The fourth-order valence-corrected chi connectivity index (χ4v) is 1.15. The van der Waals surface area contributed by atoms with Crippen molar-refractivity contribution >= 4 is 11.9 Å². The molecule has 1 saturated carbocycles. The van der Waals surface area contributed by atoms with Crippen molar-refractivity contribution in [1.29, 1.82) is 0 Å². The zero-order chi connectivity index (χ0) is 9.84. The molecule has 74 valence electrons. The largest absolute Gasteiger partial charge is 0.480 e. The molecule has 0 heterocycles. The summed E-state index contributed by atoms with van der Waals surface area (Å²) in [5, 5.41) is 19.4. The number of aliphatic carboxylic acids is 1. The van der Waals surface area contributed by atoms with Gasteiger partial charge in [0.05, 0.1) is 6.61 Å². The first-order valence-corrected chi connectivity index (χ1v) is 4.29. The average Bonchev–Trinajstić information content (AvgIpc) is 1.96. The lowest BCUT2D eigenvalue weighted by atomic mass is 9.84. The highest BCUT2D eigenvalue weighted by molar-refractivity contribution is 5.85. The summed E-state index contributed by atoms with van der Waals surface area (Å²) in [5.74, 6) is -1.50. The Balaban J connectivity index is 2.36. The zero-order valence-corrected chi connectivity index (χ0v) is 7.19. The third-order valence-corrected chi connectivity index (χ3v) is 2.27. The van der Waals surface area contributed by atoms with E-state index in [1.807, 2.05) is 0 Å². The maximum absolute atomic E-state index is 11.2. The van der Waals surface area contributed by atoms with Gasteiger partial charge in [-0.2, -0.15) is 0 Å². The van der Waals surface area contributed by atoms with Crippen LogP contribution in [0.1, 0.15) is 19.3 Å². The summed E-state index contributed by atoms with van der Waals surface area (Å²) in [6.45, 7) is -0.562. The SMILES string of the molecule is O=C(N[C@@H](CO)C(=O)O)C1CCC1. The van der Waals surface area contributed by atoms with E-state index in [4.69, 9.17) is 10.2 Å². The van der Waals surface area contributed by atoms with E-state index in [2.05, 4.69) is 5.32 Å². The van der Waals surface area contributed by atoms with Crippen LogP contribution in [0.3, 0.4) is 0 Å². The van der Waals surface area contributed by atoms with Gasteiger partial charge >= 0.3 is 5.97 Å². The average molecular weight is 187 g/mol. The number of rotatable bonds is 4. The first-order valence-electron chi connectivity index (χ1n) is 4.29. The molecule has 0 saturated heterocycles. The van der Waals surface area contributed by atoms with E-state index in [-0.39, 0.29) is 11.8 Å². The molecule has 5 nitrogen and oxygen atoms in total. The fourth-order valence-electron chi connectivity index (χ4n) is 1.15. The van der Waals surface area contributed by atoms with Crippen molar-refractivity contribution in [3.63, 3.8) is 0 Å². The van der Waals surface area contributed by atoms with Crippen LogP contribution >= 0.6 is 0 Å². The van der Waals surface area contributed by atoms with Crippen molar-refractivity contribution < 1.29 is 19.8 Å². The molecule has 0 bridgehead atoms. The summed E-state index contributed by atoms with van der Waals surface area (Å²) >= 11 is 0. The van der Waals surface area contributed by atoms with E-state index in [1.54, 1.807) is 0 Å². The molecule has 1 atom stereocenters. The number of carboxylic acids is 1. The smallest absolute Gasteiger partial charge is 0.328 e. The fraction of sp³-hybridized carbons (Fsp3) is 0.750. The molecule has 1 rings (SSSR count). The molecule has 1 aliphatic rings. The molecule has 0 aromatic rings. The van der Waals surface area contributed by atoms with Crippen LogP contribution < -0.4 is 5.32 Å². The molecule has 13 heavy (non-hydrogen) atoms. The molecular formula is C8H13NO4. The van der Waals surface area contributed by atoms with Crippen LogP contribution in [0.25, 0.3) is 0 Å². The van der Waals surface area contributed by atoms with Crippen molar-refractivity contribution in [3.8, 4) is 0 Å². The minimum Gasteiger partial charge on any atom is -0.480 e. The van der Waals surface area contributed by atoms with Gasteiger partial charge in [-0.15, -0.1) is 0 Å². The lowest BCUT2D eigenvalue weighted by Gasteiger charge is -2.25. The van der Waals surface area contributed by atoms with Gasteiger partial charge in [-0.25, -0.2) is 4.79 Å². The number of hydrogen-bond donors (Lipinski definition) is 3. The predicted octanol–water partition coefficient (Wildman–Crippen LogP) is -0.652. The lowest BCUT2D eigenvalue weighted by Crippen LogP contribution is -2.47. The second kappa shape index (κ2) is 4.23. The van der Waals surface area contributed by atoms with Crippen LogP contribution in [-0.2, 0) is 9.59 Å². The number of carboxylic acid groups (broad SMARTS) is 1. The number of nitrogens with one attached hydrogen (secondary N) is 1. The Morgan fingerprint density at radius 2 is 2.08 bits per heavy atom. The molecule has 1 fully saturated rings. The van der Waals surface area contributed by atoms with Gasteiger partial charge in [-0.1, -0.05) is 6.42 Å². The van der Waals surface area contributed by atoms with Gasteiger partial charge in [0.25, 0.3) is 0 Å². The Bertz CT molecular complexity index is 212. The number of carbonyl (C=O) groups excluding carboxylic acids is 1. The molecule has 0 spiro atoms. The quantitative estimate of drug-likeness (QED) is 0.545. The Labute approximate surface area is 75.7 Å². The minimum atomic E-state index is -1.20. The Morgan fingerprint density at radius 1 is 1.46 bits per heavy atom. The molecule has 1 amide bonds. The first kappa shape index (κ1) is 9.98. The predicted molar refractivity (Wildman–Crippen MR) is 44.0 cm³/mol. The van der Waals surface area contributed by atoms with Gasteiger partial charge in [-0.3, -0.25) is 4.79 Å². The molecule has 0 aromatic carbocycles. The number of carbonyl (C=O) groups is 2. The summed E-state index contributed by atoms with van der Waals surface area (Å²) in [6, 6.07) is -1.16. The molecule has 3 N–H and O–H groups in total. The van der Waals surface area contributed by atoms with Crippen molar-refractivity contribution in [2.75, 3.05) is 6.61 Å². The number of aliphatic hydroxyl groups excluding tert-OH is 1. The highest BCUT2D eigenvalue weighted by Crippen LogP contribution is 2.26. The van der Waals surface area contributed by atoms with Crippen molar-refractivity contribution in [1.82, 2.24) is 5.32 Å². The highest BCUT2D eigenvalue weighted by atomic mass is 16.4. The third kappa shape index (κ3) is 2.42. The van der Waals surface area contributed by atoms with Gasteiger partial charge in [0, 0.05) is 5.92 Å². The lowest BCUT2D eigenvalue weighted by molar-refractivity contribution is -0.144. The Morgan fingerprint density at radius 3 is 2.38 bits per heavy atom. The monoisotopic (exact) mass is 187 g/mol. The maximum Gasteiger partial charge on any atom is 0.328 e. The van der Waals surface area contributed by atoms with Crippen molar-refractivity contribution in [2.45, 2.75) is 25.3 Å². The van der Waals surface area contributed by atoms with Crippen LogP contribution in [0.2, 0.25) is 0 Å². The molecule has 1 aliphatic carbocycles. The van der Waals surface area contributed by atoms with E-state index >= 15 is 0 Å². The number of hydrogen-bond acceptors (Lipinski definition) is 3. The maximum atomic E-state index is 11.2. The van der Waals surface area contributed by atoms with Crippen LogP contribution in [0, 0.1) is 5.92 Å². The Hall–Kier alpha value is -1.10. The first-order chi connectivity index (χ1) is 6.15. The molecule has 0 aromatic heterocycles. The summed E-state index contributed by atoms with van der Waals surface area (Å²) in [5.41, 5.74) is 0. The van der Waals surface area contributed by atoms with Crippen molar-refractivity contribution in [2.24, 2.45) is 5.92 Å². The van der Waals surface area contributed by atoms with Gasteiger partial charge in [0.15, 0.2) is 0 Å². The molecule has 0 unspecified atom stereocenters. The van der Waals surface area contributed by atoms with Crippen molar-refractivity contribution in [3.05, 3.63) is 0 Å². The van der Waals surface area contributed by atoms with Crippen LogP contribution in [0.15, 0.2) is 0 Å². The Kier molecular flexibility index (Phi) is 3.25. The summed E-state index contributed by atoms with van der Waals surface area (Å²) in [7, 11) is 0. The van der Waals surface area contributed by atoms with E-state index in [1.165, 1.54) is 0 Å². The summed E-state index contributed by atoms with van der Waals surface area (Å²) in [4.78, 5) is 21.6.